The third-order valence-electron chi connectivity index (χ3n) is 7.30. The predicted molar refractivity (Wildman–Crippen MR) is 166 cm³/mol. The van der Waals surface area contributed by atoms with Crippen molar-refractivity contribution >= 4 is 34.1 Å². The molecule has 0 saturated carbocycles. The van der Waals surface area contributed by atoms with Gasteiger partial charge in [-0.2, -0.15) is 0 Å². The number of rotatable bonds is 12. The van der Waals surface area contributed by atoms with Crippen LogP contribution < -0.4 is 25.4 Å². The molecule has 2 amide bonds. The second-order valence-electron chi connectivity index (χ2n) is 10.3. The molecule has 10 nitrogen and oxygen atoms in total. The number of carbonyl (C=O) groups is 1. The van der Waals surface area contributed by atoms with Gasteiger partial charge >= 0.3 is 6.03 Å². The van der Waals surface area contributed by atoms with E-state index in [2.05, 4.69) is 30.8 Å². The number of hydrogen-bond donors (Lipinski definition) is 4. The lowest BCUT2D eigenvalue weighted by Gasteiger charge is -2.29. The molecule has 0 bridgehead atoms. The van der Waals surface area contributed by atoms with Crippen molar-refractivity contribution in [2.45, 2.75) is 31.8 Å². The number of aliphatic hydroxyl groups excluding tert-OH is 1. The number of likely N-dealkylation sites (tertiary alicyclic amines) is 1. The number of para-hydroxylation sites is 1. The Morgan fingerprint density at radius 3 is 2.45 bits per heavy atom. The lowest BCUT2D eigenvalue weighted by atomic mass is 10.1. The average molecular weight is 571 g/mol. The number of methoxy groups -OCH3 is 1. The smallest absolute Gasteiger partial charge is 0.323 e. The first kappa shape index (κ1) is 29.1. The van der Waals surface area contributed by atoms with Gasteiger partial charge in [0.25, 0.3) is 0 Å². The van der Waals surface area contributed by atoms with Gasteiger partial charge < -0.3 is 35.4 Å². The molecule has 1 aliphatic heterocycles. The van der Waals surface area contributed by atoms with Crippen molar-refractivity contribution in [1.82, 2.24) is 14.9 Å². The van der Waals surface area contributed by atoms with Crippen molar-refractivity contribution in [3.8, 4) is 11.5 Å². The highest BCUT2D eigenvalue weighted by atomic mass is 16.5. The largest absolute Gasteiger partial charge is 0.493 e. The van der Waals surface area contributed by atoms with Crippen molar-refractivity contribution in [1.29, 1.82) is 0 Å². The monoisotopic (exact) mass is 570 g/mol. The Hall–Kier alpha value is -4.41. The van der Waals surface area contributed by atoms with Gasteiger partial charge in [-0.1, -0.05) is 30.3 Å². The number of piperidine rings is 1. The molecule has 1 saturated heterocycles. The minimum atomic E-state index is -0.283. The Balaban J connectivity index is 1.12. The van der Waals surface area contributed by atoms with Crippen LogP contribution in [0.2, 0.25) is 0 Å². The van der Waals surface area contributed by atoms with E-state index in [0.717, 1.165) is 79.0 Å². The summed E-state index contributed by atoms with van der Waals surface area (Å²) in [5.41, 5.74) is 3.36. The van der Waals surface area contributed by atoms with Crippen LogP contribution in [0.3, 0.4) is 0 Å². The van der Waals surface area contributed by atoms with E-state index in [-0.39, 0.29) is 12.1 Å². The van der Waals surface area contributed by atoms with Crippen molar-refractivity contribution in [2.75, 3.05) is 55.8 Å². The van der Waals surface area contributed by atoms with Gasteiger partial charge in [0.15, 0.2) is 11.5 Å². The van der Waals surface area contributed by atoms with Crippen LogP contribution in [0.15, 0.2) is 73.1 Å². The number of aromatic nitrogens is 2. The van der Waals surface area contributed by atoms with Crippen LogP contribution in [0.1, 0.15) is 24.8 Å². The molecule has 0 unspecified atom stereocenters. The normalized spacial score (nSPS) is 14.0. The van der Waals surface area contributed by atoms with Crippen LogP contribution >= 0.6 is 0 Å². The Morgan fingerprint density at radius 1 is 0.976 bits per heavy atom. The second kappa shape index (κ2) is 14.5. The van der Waals surface area contributed by atoms with Gasteiger partial charge in [-0.25, -0.2) is 14.8 Å². The highest BCUT2D eigenvalue weighted by molar-refractivity contribution is 5.99. The predicted octanol–water partition coefficient (Wildman–Crippen LogP) is 5.16. The zero-order valence-corrected chi connectivity index (χ0v) is 23.9. The van der Waals surface area contributed by atoms with Gasteiger partial charge in [0.05, 0.1) is 25.3 Å². The molecule has 1 aromatic heterocycles. The summed E-state index contributed by atoms with van der Waals surface area (Å²) in [6, 6.07) is 20.6. The van der Waals surface area contributed by atoms with Crippen LogP contribution in [-0.2, 0) is 6.42 Å². The molecule has 4 N–H and O–H groups in total. The summed E-state index contributed by atoms with van der Waals surface area (Å²) in [7, 11) is 1.63. The SMILES string of the molecule is COc1cc2c(NCCc3ccc(NC(=O)Nc4ccccc4)cc3)ncnc2cc1OCCCN1CCC(O)CC1. The van der Waals surface area contributed by atoms with Crippen LogP contribution in [-0.4, -0.2) is 72.0 Å². The summed E-state index contributed by atoms with van der Waals surface area (Å²) >= 11 is 0. The number of carbonyl (C=O) groups excluding carboxylic acids is 1. The fraction of sp³-hybridized carbons (Fsp3) is 0.344. The van der Waals surface area contributed by atoms with Gasteiger partial charge in [0.2, 0.25) is 0 Å². The van der Waals surface area contributed by atoms with Gasteiger partial charge in [-0.05, 0) is 61.6 Å². The Kier molecular flexibility index (Phi) is 10.0. The first-order chi connectivity index (χ1) is 20.6. The Labute approximate surface area is 246 Å². The zero-order chi connectivity index (χ0) is 29.1. The third-order valence-corrected chi connectivity index (χ3v) is 7.30. The lowest BCUT2D eigenvalue weighted by Crippen LogP contribution is -2.36. The second-order valence-corrected chi connectivity index (χ2v) is 10.3. The molecule has 0 aliphatic carbocycles. The van der Waals surface area contributed by atoms with Crippen LogP contribution in [0.5, 0.6) is 11.5 Å². The molecule has 2 heterocycles. The molecule has 3 aromatic carbocycles. The number of nitrogens with one attached hydrogen (secondary N) is 3. The van der Waals surface area contributed by atoms with E-state index < -0.39 is 0 Å². The van der Waals surface area contributed by atoms with Crippen LogP contribution in [0.4, 0.5) is 22.0 Å². The number of fused-ring (bicyclic) bond motifs is 1. The number of nitrogens with zero attached hydrogens (tertiary/aromatic N) is 3. The molecular formula is C32H38N6O4. The number of urea groups is 1. The molecule has 0 spiro atoms. The van der Waals surface area contributed by atoms with Gasteiger partial charge in [-0.15, -0.1) is 0 Å². The van der Waals surface area contributed by atoms with Gasteiger partial charge in [0.1, 0.15) is 12.1 Å². The Bertz CT molecular complexity index is 1440. The number of hydrogen-bond acceptors (Lipinski definition) is 8. The van der Waals surface area contributed by atoms with Crippen molar-refractivity contribution in [2.24, 2.45) is 0 Å². The molecule has 4 aromatic rings. The van der Waals surface area contributed by atoms with Crippen molar-refractivity contribution in [3.05, 3.63) is 78.6 Å². The number of ether oxygens (including phenoxy) is 2. The van der Waals surface area contributed by atoms with E-state index in [1.54, 1.807) is 13.4 Å². The maximum atomic E-state index is 12.2. The van der Waals surface area contributed by atoms with E-state index in [4.69, 9.17) is 9.47 Å². The lowest BCUT2D eigenvalue weighted by molar-refractivity contribution is 0.0799. The summed E-state index contributed by atoms with van der Waals surface area (Å²) in [5.74, 6) is 2.03. The summed E-state index contributed by atoms with van der Waals surface area (Å²) in [4.78, 5) is 23.5. The molecule has 1 aliphatic rings. The zero-order valence-electron chi connectivity index (χ0n) is 23.9. The summed E-state index contributed by atoms with van der Waals surface area (Å²) in [5, 5.41) is 19.6. The fourth-order valence-corrected chi connectivity index (χ4v) is 4.99. The Morgan fingerprint density at radius 2 is 1.71 bits per heavy atom. The maximum absolute atomic E-state index is 12.2. The van der Waals surface area contributed by atoms with Gasteiger partial charge in [-0.3, -0.25) is 0 Å². The molecule has 0 radical (unpaired) electrons. The molecular weight excluding hydrogens is 532 g/mol. The first-order valence-corrected chi connectivity index (χ1v) is 14.4. The number of amides is 2. The highest BCUT2D eigenvalue weighted by Crippen LogP contribution is 2.34. The molecule has 1 fully saturated rings. The average Bonchev–Trinajstić information content (AvgIpc) is 3.01. The number of aliphatic hydroxyl groups is 1. The van der Waals surface area contributed by atoms with Crippen LogP contribution in [0.25, 0.3) is 10.9 Å². The third kappa shape index (κ3) is 8.08. The fourth-order valence-electron chi connectivity index (χ4n) is 4.99. The molecule has 5 rings (SSSR count). The standard InChI is InChI=1S/C32H38N6O4/c1-41-29-20-27-28(21-30(29)42-19-5-16-38-17-13-26(39)14-18-38)34-22-35-31(27)33-15-12-23-8-10-25(11-9-23)37-32(40)36-24-6-3-2-4-7-24/h2-4,6-11,20-22,26,39H,5,12-19H2,1H3,(H,33,34,35)(H2,36,37,40). The van der Waals surface area contributed by atoms with Crippen molar-refractivity contribution < 1.29 is 19.4 Å². The first-order valence-electron chi connectivity index (χ1n) is 14.4. The summed E-state index contributed by atoms with van der Waals surface area (Å²) < 4.78 is 11.7. The van der Waals surface area contributed by atoms with E-state index >= 15 is 0 Å². The summed E-state index contributed by atoms with van der Waals surface area (Å²) in [6.07, 6.45) is 4.75. The quantitative estimate of drug-likeness (QED) is 0.172. The van der Waals surface area contributed by atoms with E-state index in [9.17, 15) is 9.90 Å². The molecule has 220 valence electrons. The van der Waals surface area contributed by atoms with Crippen LogP contribution in [0, 0.1) is 0 Å². The number of anilines is 3. The topological polar surface area (TPSA) is 121 Å². The minimum Gasteiger partial charge on any atom is -0.493 e. The molecule has 0 atom stereocenters. The summed E-state index contributed by atoms with van der Waals surface area (Å²) in [6.45, 7) is 4.06. The van der Waals surface area contributed by atoms with Crippen molar-refractivity contribution in [3.63, 3.8) is 0 Å². The van der Waals surface area contributed by atoms with E-state index in [1.165, 1.54) is 0 Å². The van der Waals surface area contributed by atoms with Gasteiger partial charge in [0, 0.05) is 49.0 Å². The minimum absolute atomic E-state index is 0.156. The number of benzene rings is 3. The molecule has 42 heavy (non-hydrogen) atoms. The highest BCUT2D eigenvalue weighted by Gasteiger charge is 2.17. The molecule has 10 heteroatoms. The van der Waals surface area contributed by atoms with E-state index in [0.29, 0.717) is 24.7 Å². The maximum Gasteiger partial charge on any atom is 0.323 e. The van der Waals surface area contributed by atoms with E-state index in [1.807, 2.05) is 66.7 Å².